The number of aromatic nitrogens is 4. The molecule has 0 amide bonds. The minimum Gasteiger partial charge on any atom is -0.399 e. The molecule has 8 aromatic rings. The second-order valence-electron chi connectivity index (χ2n) is 16.5. The van der Waals surface area contributed by atoms with E-state index in [1.807, 2.05) is 18.2 Å². The lowest BCUT2D eigenvalue weighted by molar-refractivity contribution is 0.00578. The van der Waals surface area contributed by atoms with Gasteiger partial charge < -0.3 is 13.9 Å². The van der Waals surface area contributed by atoms with E-state index in [2.05, 4.69) is 175 Å². The summed E-state index contributed by atoms with van der Waals surface area (Å²) in [5.74, 6) is 1.85. The Balaban J connectivity index is 1.37. The van der Waals surface area contributed by atoms with Crippen LogP contribution in [0.5, 0.6) is 0 Å². The maximum absolute atomic E-state index is 6.65. The summed E-state index contributed by atoms with van der Waals surface area (Å²) in [6.07, 6.45) is 0. The molecule has 6 nitrogen and oxygen atoms in total. The van der Waals surface area contributed by atoms with Gasteiger partial charge in [0.2, 0.25) is 0 Å². The molecule has 0 spiro atoms. The Kier molecular flexibility index (Phi) is 8.98. The monoisotopic (exact) mass is 736 g/mol. The summed E-state index contributed by atoms with van der Waals surface area (Å²) in [4.78, 5) is 16.0. The predicted octanol–water partition coefficient (Wildman–Crippen LogP) is 1.23. The number of fused-ring (bicyclic) bond motifs is 3. The third kappa shape index (κ3) is 6.18. The first-order valence-corrected chi connectivity index (χ1v) is 19.8. The van der Waals surface area contributed by atoms with E-state index in [1.54, 1.807) is 0 Å². The highest BCUT2D eigenvalue weighted by molar-refractivity contribution is 6.68. The second-order valence-corrected chi connectivity index (χ2v) is 16.5. The van der Waals surface area contributed by atoms with E-state index in [0.29, 0.717) is 17.5 Å². The number of para-hydroxylation sites is 1. The Morgan fingerprint density at radius 1 is 0.491 bits per heavy atom. The van der Waals surface area contributed by atoms with Crippen LogP contribution in [0.2, 0.25) is 0 Å². The maximum Gasteiger partial charge on any atom is 0.494 e. The zero-order valence-electron chi connectivity index (χ0n) is 34.2. The lowest BCUT2D eigenvalue weighted by Crippen LogP contribution is -2.55. The molecule has 57 heavy (non-hydrogen) atoms. The lowest BCUT2D eigenvalue weighted by Gasteiger charge is -2.32. The first-order chi connectivity index (χ1) is 27.3. The average molecular weight is 736 g/mol. The second kappa shape index (κ2) is 13.8. The molecule has 9 rings (SSSR count). The molecule has 0 atom stereocenters. The van der Waals surface area contributed by atoms with Gasteiger partial charge in [-0.15, -0.1) is 16.4 Å². The fraction of sp³-hybridized carbons (Fsp3) is 0.133. The summed E-state index contributed by atoms with van der Waals surface area (Å²) in [7, 11) is 10.4. The lowest BCUT2D eigenvalue weighted by atomic mass is 9.60. The van der Waals surface area contributed by atoms with Crippen LogP contribution >= 0.6 is 0 Å². The molecule has 2 aromatic heterocycles. The van der Waals surface area contributed by atoms with Crippen molar-refractivity contribution in [2.45, 2.75) is 38.9 Å². The molecule has 0 bridgehead atoms. The van der Waals surface area contributed by atoms with Crippen molar-refractivity contribution < 1.29 is 9.31 Å². The maximum atomic E-state index is 6.65. The van der Waals surface area contributed by atoms with Crippen molar-refractivity contribution in [3.05, 3.63) is 121 Å². The van der Waals surface area contributed by atoms with E-state index in [4.69, 9.17) is 24.3 Å². The van der Waals surface area contributed by atoms with E-state index >= 15 is 0 Å². The van der Waals surface area contributed by atoms with E-state index < -0.39 is 18.3 Å². The van der Waals surface area contributed by atoms with E-state index in [-0.39, 0.29) is 0 Å². The van der Waals surface area contributed by atoms with Crippen molar-refractivity contribution in [1.29, 1.82) is 0 Å². The summed E-state index contributed by atoms with van der Waals surface area (Å²) < 4.78 is 15.7. The smallest absolute Gasteiger partial charge is 0.399 e. The number of rotatable bonds is 6. The van der Waals surface area contributed by atoms with Crippen molar-refractivity contribution in [2.24, 2.45) is 0 Å². The molecule has 0 saturated carbocycles. The third-order valence-electron chi connectivity index (χ3n) is 12.7. The zero-order valence-corrected chi connectivity index (χ0v) is 34.2. The van der Waals surface area contributed by atoms with Crippen molar-refractivity contribution in [2.75, 3.05) is 0 Å². The van der Waals surface area contributed by atoms with Gasteiger partial charge in [-0.1, -0.05) is 108 Å². The van der Waals surface area contributed by atoms with E-state index in [9.17, 15) is 0 Å². The average Bonchev–Trinajstić information content (AvgIpc) is 3.67. The van der Waals surface area contributed by atoms with Crippen molar-refractivity contribution in [3.63, 3.8) is 0 Å². The first kappa shape index (κ1) is 37.0. The van der Waals surface area contributed by atoms with Crippen molar-refractivity contribution in [1.82, 2.24) is 19.5 Å². The molecule has 0 unspecified atom stereocenters. The number of hydrogen-bond acceptors (Lipinski definition) is 5. The molecule has 1 aliphatic rings. The third-order valence-corrected chi connectivity index (χ3v) is 12.7. The topological polar surface area (TPSA) is 62.1 Å². The summed E-state index contributed by atoms with van der Waals surface area (Å²) in [5.41, 5.74) is 14.3. The minimum atomic E-state index is -0.576. The molecule has 1 fully saturated rings. The highest BCUT2D eigenvalue weighted by atomic mass is 16.7. The van der Waals surface area contributed by atoms with Gasteiger partial charge >= 0.3 is 7.12 Å². The largest absolute Gasteiger partial charge is 0.494 e. The number of hydrogen-bond donors (Lipinski definition) is 0. The molecule has 0 radical (unpaired) electrons. The predicted molar refractivity (Wildman–Crippen MR) is 253 cm³/mol. The van der Waals surface area contributed by atoms with Gasteiger partial charge in [-0.05, 0) is 68.6 Å². The molecule has 3 heterocycles. The van der Waals surface area contributed by atoms with Crippen molar-refractivity contribution >= 4 is 101 Å². The van der Waals surface area contributed by atoms with Crippen LogP contribution in [-0.2, 0) is 9.31 Å². The van der Waals surface area contributed by atoms with E-state index in [1.165, 1.54) is 38.1 Å². The summed E-state index contributed by atoms with van der Waals surface area (Å²) in [6.45, 7) is 8.35. The van der Waals surface area contributed by atoms with Crippen LogP contribution < -0.4 is 32.8 Å². The fourth-order valence-electron chi connectivity index (χ4n) is 8.25. The normalized spacial score (nSPS) is 14.8. The van der Waals surface area contributed by atoms with Gasteiger partial charge in [0.1, 0.15) is 39.2 Å². The molecule has 1 aliphatic heterocycles. The SMILES string of the molecule is Bc1c(B)c(B)c(-c2nc(-c3ccccc3)nc(-c3cc(B4OC(C)(C)C(C)(C)O4)ccc3-n3c4ccccc4c4ccc(-c5ccccc5)cc43)n2)c(B)c1B. The van der Waals surface area contributed by atoms with Crippen LogP contribution in [0, 0.1) is 0 Å². The summed E-state index contributed by atoms with van der Waals surface area (Å²) in [6, 6.07) is 42.6. The first-order valence-electron chi connectivity index (χ1n) is 19.8. The Labute approximate surface area is 339 Å². The molecule has 0 aliphatic carbocycles. The van der Waals surface area contributed by atoms with Gasteiger partial charge in [0.05, 0.1) is 27.9 Å². The molecular formula is C45H42B6N4O2. The molecule has 6 aromatic carbocycles. The van der Waals surface area contributed by atoms with Gasteiger partial charge in [0.25, 0.3) is 0 Å². The zero-order chi connectivity index (χ0) is 39.8. The standard InChI is InChI=1S/C45H42B6N4O2/c1-44(2)45(3,4)57-51(56-44)28-20-22-33(55-32-18-12-11-17-29(32)30-21-19-27(23-34(30)55)25-13-7-5-8-14-25)31(24-28)42-52-41(26-15-9-6-10-16-26)53-43(54-42)35-36(46)38(48)40(50)39(49)37(35)47/h5-24H,46-50H2,1-4H3. The van der Waals surface area contributed by atoms with Gasteiger partial charge in [0.15, 0.2) is 17.5 Å². The van der Waals surface area contributed by atoms with Gasteiger partial charge in [-0.2, -0.15) is 0 Å². The highest BCUT2D eigenvalue weighted by Gasteiger charge is 2.51. The minimum absolute atomic E-state index is 0.506. The molecule has 1 saturated heterocycles. The van der Waals surface area contributed by atoms with Crippen LogP contribution in [0.25, 0.3) is 72.8 Å². The Hall–Kier alpha value is -5.56. The quantitative estimate of drug-likeness (QED) is 0.241. The molecule has 0 N–H and O–H groups in total. The molecule has 12 heteroatoms. The fourth-order valence-corrected chi connectivity index (χ4v) is 8.25. The number of nitrogens with zero attached hydrogens (tertiary/aromatic N) is 4. The van der Waals surface area contributed by atoms with Crippen LogP contribution in [0.15, 0.2) is 121 Å². The number of benzene rings is 6. The Morgan fingerprint density at radius 3 is 1.70 bits per heavy atom. The Bertz CT molecular complexity index is 2840. The van der Waals surface area contributed by atoms with Crippen LogP contribution in [0.1, 0.15) is 27.7 Å². The van der Waals surface area contributed by atoms with Crippen molar-refractivity contribution in [3.8, 4) is 51.0 Å². The van der Waals surface area contributed by atoms with Gasteiger partial charge in [0, 0.05) is 27.5 Å². The summed E-state index contributed by atoms with van der Waals surface area (Å²) in [5, 5.41) is 2.34. The summed E-state index contributed by atoms with van der Waals surface area (Å²) >= 11 is 0. The van der Waals surface area contributed by atoms with Gasteiger partial charge in [-0.25, -0.2) is 15.0 Å². The molecular weight excluding hydrogens is 693 g/mol. The molecule has 272 valence electrons. The van der Waals surface area contributed by atoms with Crippen LogP contribution in [-0.4, -0.2) is 77.1 Å². The van der Waals surface area contributed by atoms with Crippen LogP contribution in [0.4, 0.5) is 0 Å². The van der Waals surface area contributed by atoms with E-state index in [0.717, 1.165) is 50.0 Å². The van der Waals surface area contributed by atoms with Gasteiger partial charge in [-0.3, -0.25) is 0 Å². The highest BCUT2D eigenvalue weighted by Crippen LogP contribution is 2.40. The Morgan fingerprint density at radius 2 is 1.04 bits per heavy atom. The van der Waals surface area contributed by atoms with Crippen LogP contribution in [0.3, 0.4) is 0 Å².